The molecule has 0 aliphatic heterocycles. The van der Waals surface area contributed by atoms with Crippen LogP contribution in [0.3, 0.4) is 0 Å². The summed E-state index contributed by atoms with van der Waals surface area (Å²) in [5, 5.41) is 12.1. The minimum absolute atomic E-state index is 0.0478. The molecule has 1 heterocycles. The predicted octanol–water partition coefficient (Wildman–Crippen LogP) is 2.75. The Kier molecular flexibility index (Phi) is 5.30. The lowest BCUT2D eigenvalue weighted by molar-refractivity contribution is 0.0689. The number of carboxylic acids is 1. The second kappa shape index (κ2) is 7.40. The molecule has 0 aliphatic rings. The monoisotopic (exact) mass is 301 g/mol. The quantitative estimate of drug-likeness (QED) is 0.818. The van der Waals surface area contributed by atoms with Gasteiger partial charge in [0.1, 0.15) is 18.2 Å². The van der Waals surface area contributed by atoms with Crippen molar-refractivity contribution in [2.45, 2.75) is 26.9 Å². The maximum atomic E-state index is 11.1. The summed E-state index contributed by atoms with van der Waals surface area (Å²) in [5.74, 6) is 0.495. The molecule has 0 fully saturated rings. The summed E-state index contributed by atoms with van der Waals surface area (Å²) >= 11 is 0. The lowest BCUT2D eigenvalue weighted by Gasteiger charge is -2.11. The van der Waals surface area contributed by atoms with E-state index in [1.165, 1.54) is 6.07 Å². The van der Waals surface area contributed by atoms with Gasteiger partial charge in [0.05, 0.1) is 0 Å². The van der Waals surface area contributed by atoms with Crippen molar-refractivity contribution in [1.82, 2.24) is 9.97 Å². The maximum absolute atomic E-state index is 11.1. The van der Waals surface area contributed by atoms with Crippen molar-refractivity contribution < 1.29 is 14.6 Å². The summed E-state index contributed by atoms with van der Waals surface area (Å²) in [6.45, 7) is 4.73. The van der Waals surface area contributed by atoms with E-state index in [4.69, 9.17) is 9.84 Å². The first kappa shape index (κ1) is 15.8. The molecule has 0 radical (unpaired) electrons. The van der Waals surface area contributed by atoms with Crippen LogP contribution in [0.2, 0.25) is 0 Å². The molecule has 2 aromatic rings. The van der Waals surface area contributed by atoms with E-state index in [1.54, 1.807) is 0 Å². The van der Waals surface area contributed by atoms with E-state index in [-0.39, 0.29) is 12.3 Å². The molecule has 6 nitrogen and oxygen atoms in total. The standard InChI is InChI=1S/C16H19N3O3/c1-3-11-7-5-6-8-13(11)22-10-15-18-12(16(20)21)9-14(19-15)17-4-2/h5-9H,3-4,10H2,1-2H3,(H,20,21)(H,17,18,19). The van der Waals surface area contributed by atoms with Gasteiger partial charge in [0.15, 0.2) is 11.5 Å². The minimum atomic E-state index is -1.09. The Morgan fingerprint density at radius 1 is 1.27 bits per heavy atom. The van der Waals surface area contributed by atoms with E-state index >= 15 is 0 Å². The molecule has 0 saturated carbocycles. The van der Waals surface area contributed by atoms with Crippen LogP contribution in [0, 0.1) is 0 Å². The average molecular weight is 301 g/mol. The summed E-state index contributed by atoms with van der Waals surface area (Å²) < 4.78 is 5.74. The van der Waals surface area contributed by atoms with Crippen molar-refractivity contribution in [2.75, 3.05) is 11.9 Å². The fraction of sp³-hybridized carbons (Fsp3) is 0.312. The average Bonchev–Trinajstić information content (AvgIpc) is 2.53. The van der Waals surface area contributed by atoms with Crippen LogP contribution in [0.25, 0.3) is 0 Å². The predicted molar refractivity (Wildman–Crippen MR) is 83.3 cm³/mol. The molecule has 0 saturated heterocycles. The van der Waals surface area contributed by atoms with Gasteiger partial charge < -0.3 is 15.2 Å². The van der Waals surface area contributed by atoms with Gasteiger partial charge in [-0.1, -0.05) is 25.1 Å². The van der Waals surface area contributed by atoms with Crippen LogP contribution < -0.4 is 10.1 Å². The van der Waals surface area contributed by atoms with Gasteiger partial charge in [-0.3, -0.25) is 0 Å². The van der Waals surface area contributed by atoms with Crippen molar-refractivity contribution >= 4 is 11.8 Å². The van der Waals surface area contributed by atoms with Crippen LogP contribution in [0.15, 0.2) is 30.3 Å². The highest BCUT2D eigenvalue weighted by Gasteiger charge is 2.11. The third-order valence-electron chi connectivity index (χ3n) is 3.06. The van der Waals surface area contributed by atoms with Gasteiger partial charge >= 0.3 is 5.97 Å². The summed E-state index contributed by atoms with van der Waals surface area (Å²) in [4.78, 5) is 19.4. The zero-order chi connectivity index (χ0) is 15.9. The van der Waals surface area contributed by atoms with Crippen molar-refractivity contribution in [3.05, 3.63) is 47.4 Å². The number of rotatable bonds is 7. The van der Waals surface area contributed by atoms with Gasteiger partial charge in [0.2, 0.25) is 0 Å². The van der Waals surface area contributed by atoms with Crippen LogP contribution in [-0.4, -0.2) is 27.6 Å². The summed E-state index contributed by atoms with van der Waals surface area (Å²) in [7, 11) is 0. The molecule has 2 N–H and O–H groups in total. The first-order chi connectivity index (χ1) is 10.6. The van der Waals surface area contributed by atoms with Gasteiger partial charge in [0, 0.05) is 12.6 Å². The molecular weight excluding hydrogens is 282 g/mol. The fourth-order valence-electron chi connectivity index (χ4n) is 2.02. The minimum Gasteiger partial charge on any atom is -0.485 e. The molecule has 1 aromatic heterocycles. The second-order valence-corrected chi connectivity index (χ2v) is 4.64. The first-order valence-corrected chi connectivity index (χ1v) is 7.19. The number of aromatic carboxylic acids is 1. The van der Waals surface area contributed by atoms with Crippen molar-refractivity contribution in [2.24, 2.45) is 0 Å². The Labute approximate surface area is 129 Å². The number of aryl methyl sites for hydroxylation is 1. The molecule has 0 amide bonds. The molecule has 116 valence electrons. The highest BCUT2D eigenvalue weighted by Crippen LogP contribution is 2.19. The molecule has 6 heteroatoms. The highest BCUT2D eigenvalue weighted by atomic mass is 16.5. The number of para-hydroxylation sites is 1. The number of carbonyl (C=O) groups is 1. The largest absolute Gasteiger partial charge is 0.485 e. The normalized spacial score (nSPS) is 10.3. The number of nitrogens with one attached hydrogen (secondary N) is 1. The molecule has 0 unspecified atom stereocenters. The van der Waals surface area contributed by atoms with Gasteiger partial charge in [-0.05, 0) is 25.0 Å². The first-order valence-electron chi connectivity index (χ1n) is 7.19. The summed E-state index contributed by atoms with van der Waals surface area (Å²) in [6, 6.07) is 9.14. The Bertz CT molecular complexity index is 659. The number of ether oxygens (including phenoxy) is 1. The maximum Gasteiger partial charge on any atom is 0.354 e. The van der Waals surface area contributed by atoms with Crippen molar-refractivity contribution in [1.29, 1.82) is 0 Å². The Morgan fingerprint density at radius 2 is 2.05 bits per heavy atom. The fourth-order valence-corrected chi connectivity index (χ4v) is 2.02. The molecular formula is C16H19N3O3. The van der Waals surface area contributed by atoms with Crippen molar-refractivity contribution in [3.63, 3.8) is 0 Å². The van der Waals surface area contributed by atoms with Crippen molar-refractivity contribution in [3.8, 4) is 5.75 Å². The molecule has 0 atom stereocenters. The van der Waals surface area contributed by atoms with E-state index < -0.39 is 5.97 Å². The number of nitrogens with zero attached hydrogens (tertiary/aromatic N) is 2. The van der Waals surface area contributed by atoms with Gasteiger partial charge in [-0.2, -0.15) is 0 Å². The molecule has 0 bridgehead atoms. The lowest BCUT2D eigenvalue weighted by atomic mass is 10.1. The van der Waals surface area contributed by atoms with E-state index in [9.17, 15) is 4.79 Å². The van der Waals surface area contributed by atoms with Crippen LogP contribution in [-0.2, 0) is 13.0 Å². The molecule has 0 aliphatic carbocycles. The van der Waals surface area contributed by atoms with E-state index in [0.717, 1.165) is 17.7 Å². The van der Waals surface area contributed by atoms with Crippen LogP contribution in [0.1, 0.15) is 35.7 Å². The SMILES string of the molecule is CCNc1cc(C(=O)O)nc(COc2ccccc2CC)n1. The Balaban J connectivity index is 2.19. The van der Waals surface area contributed by atoms with E-state index in [2.05, 4.69) is 15.3 Å². The van der Waals surface area contributed by atoms with Gasteiger partial charge in [-0.25, -0.2) is 14.8 Å². The van der Waals surface area contributed by atoms with Gasteiger partial charge in [0.25, 0.3) is 0 Å². The summed E-state index contributed by atoms with van der Waals surface area (Å²) in [5.41, 5.74) is 1.04. The molecule has 0 spiro atoms. The number of benzene rings is 1. The number of hydrogen-bond acceptors (Lipinski definition) is 5. The highest BCUT2D eigenvalue weighted by molar-refractivity contribution is 5.86. The number of hydrogen-bond donors (Lipinski definition) is 2. The van der Waals surface area contributed by atoms with Crippen LogP contribution in [0.5, 0.6) is 5.75 Å². The number of aromatic nitrogens is 2. The van der Waals surface area contributed by atoms with Crippen LogP contribution in [0.4, 0.5) is 5.82 Å². The Morgan fingerprint density at radius 3 is 2.73 bits per heavy atom. The third kappa shape index (κ3) is 3.94. The summed E-state index contributed by atoms with van der Waals surface area (Å²) in [6.07, 6.45) is 0.856. The second-order valence-electron chi connectivity index (χ2n) is 4.64. The molecule has 1 aromatic carbocycles. The van der Waals surface area contributed by atoms with Gasteiger partial charge in [-0.15, -0.1) is 0 Å². The van der Waals surface area contributed by atoms with Crippen LogP contribution >= 0.6 is 0 Å². The number of carboxylic acid groups (broad SMARTS) is 1. The third-order valence-corrected chi connectivity index (χ3v) is 3.06. The Hall–Kier alpha value is -2.63. The zero-order valence-electron chi connectivity index (χ0n) is 12.7. The number of anilines is 1. The molecule has 22 heavy (non-hydrogen) atoms. The van der Waals surface area contributed by atoms with E-state index in [0.29, 0.717) is 18.2 Å². The van der Waals surface area contributed by atoms with E-state index in [1.807, 2.05) is 38.1 Å². The lowest BCUT2D eigenvalue weighted by Crippen LogP contribution is -2.11. The smallest absolute Gasteiger partial charge is 0.354 e. The zero-order valence-corrected chi connectivity index (χ0v) is 12.7. The topological polar surface area (TPSA) is 84.3 Å². The molecule has 2 rings (SSSR count).